The molecule has 1 aliphatic rings. The second kappa shape index (κ2) is 9.43. The summed E-state index contributed by atoms with van der Waals surface area (Å²) in [5, 5.41) is 10.7. The minimum atomic E-state index is -1.04. The minimum absolute atomic E-state index is 0.246. The Morgan fingerprint density at radius 3 is 2.86 bits per heavy atom. The highest BCUT2D eigenvalue weighted by molar-refractivity contribution is 7.82. The maximum Gasteiger partial charge on any atom is 0.271 e. The molecule has 148 valence electrons. The van der Waals surface area contributed by atoms with Gasteiger partial charge in [-0.25, -0.2) is 13.6 Å². The summed E-state index contributed by atoms with van der Waals surface area (Å²) >= 11 is 0. The Kier molecular flexibility index (Phi) is 6.72. The van der Waals surface area contributed by atoms with Crippen molar-refractivity contribution in [1.29, 1.82) is 0 Å². The standard InChI is InChI=1S/C19H24N6O2S/c1-14-7-8-15(13-22-14)25-18(16-6-3-4-9-20-16)12-17(24-25)19(26)21-10-5-11-23-28(2)27/h3-4,6-9,12,22-23H,5,10-11,13H2,1-2H3,(H,21,26). The fourth-order valence-electron chi connectivity index (χ4n) is 2.72. The highest BCUT2D eigenvalue weighted by atomic mass is 32.2. The second-order valence-corrected chi connectivity index (χ2v) is 7.56. The first-order valence-corrected chi connectivity index (χ1v) is 10.6. The van der Waals surface area contributed by atoms with Crippen LogP contribution in [-0.2, 0) is 11.0 Å². The number of hydrogen-bond donors (Lipinski definition) is 3. The maximum atomic E-state index is 12.5. The Balaban J connectivity index is 1.79. The van der Waals surface area contributed by atoms with E-state index >= 15 is 0 Å². The molecule has 3 heterocycles. The fourth-order valence-corrected chi connectivity index (χ4v) is 3.15. The first-order valence-electron chi connectivity index (χ1n) is 9.03. The number of hydrogen-bond acceptors (Lipinski definition) is 5. The normalized spacial score (nSPS) is 14.6. The molecule has 1 unspecified atom stereocenters. The van der Waals surface area contributed by atoms with Crippen molar-refractivity contribution in [3.63, 3.8) is 0 Å². The van der Waals surface area contributed by atoms with Gasteiger partial charge in [-0.05, 0) is 43.7 Å². The topological polar surface area (TPSA) is 101 Å². The highest BCUT2D eigenvalue weighted by Gasteiger charge is 2.19. The van der Waals surface area contributed by atoms with E-state index < -0.39 is 11.0 Å². The van der Waals surface area contributed by atoms with E-state index in [-0.39, 0.29) is 5.91 Å². The van der Waals surface area contributed by atoms with Gasteiger partial charge in [0, 0.05) is 31.2 Å². The van der Waals surface area contributed by atoms with Crippen LogP contribution in [0, 0.1) is 0 Å². The summed E-state index contributed by atoms with van der Waals surface area (Å²) in [4.78, 5) is 16.9. The van der Waals surface area contributed by atoms with Gasteiger partial charge in [-0.3, -0.25) is 9.78 Å². The molecule has 0 fully saturated rings. The number of dihydropyridines is 1. The lowest BCUT2D eigenvalue weighted by Gasteiger charge is -2.16. The second-order valence-electron chi connectivity index (χ2n) is 6.36. The van der Waals surface area contributed by atoms with Crippen molar-refractivity contribution >= 4 is 22.6 Å². The molecule has 0 bridgehead atoms. The average Bonchev–Trinajstić information content (AvgIpc) is 3.14. The molecule has 9 heteroatoms. The van der Waals surface area contributed by atoms with Gasteiger partial charge < -0.3 is 10.6 Å². The van der Waals surface area contributed by atoms with E-state index in [0.29, 0.717) is 31.7 Å². The number of nitrogens with one attached hydrogen (secondary N) is 3. The van der Waals surface area contributed by atoms with Crippen molar-refractivity contribution < 1.29 is 9.00 Å². The lowest BCUT2D eigenvalue weighted by molar-refractivity contribution is 0.0948. The zero-order valence-electron chi connectivity index (χ0n) is 15.9. The van der Waals surface area contributed by atoms with Crippen molar-refractivity contribution in [1.82, 2.24) is 30.1 Å². The lowest BCUT2D eigenvalue weighted by atomic mass is 10.2. The number of rotatable bonds is 8. The summed E-state index contributed by atoms with van der Waals surface area (Å²) in [7, 11) is -1.04. The summed E-state index contributed by atoms with van der Waals surface area (Å²) in [6, 6.07) is 7.40. The van der Waals surface area contributed by atoms with Crippen LogP contribution in [-0.4, -0.2) is 50.8 Å². The molecule has 0 spiro atoms. The van der Waals surface area contributed by atoms with Crippen molar-refractivity contribution in [2.45, 2.75) is 13.3 Å². The number of allylic oxidation sites excluding steroid dienone is 3. The molecule has 3 N–H and O–H groups in total. The van der Waals surface area contributed by atoms with Crippen LogP contribution < -0.4 is 15.4 Å². The Labute approximate surface area is 166 Å². The third-order valence-electron chi connectivity index (χ3n) is 4.16. The van der Waals surface area contributed by atoms with E-state index in [1.54, 1.807) is 23.2 Å². The van der Waals surface area contributed by atoms with Crippen molar-refractivity contribution in [3.8, 4) is 11.4 Å². The molecule has 0 radical (unpaired) electrons. The summed E-state index contributed by atoms with van der Waals surface area (Å²) in [6.45, 7) is 3.66. The minimum Gasteiger partial charge on any atom is -0.383 e. The summed E-state index contributed by atoms with van der Waals surface area (Å²) < 4.78 is 15.6. The zero-order chi connectivity index (χ0) is 19.9. The maximum absolute atomic E-state index is 12.5. The molecule has 8 nitrogen and oxygen atoms in total. The molecule has 1 aliphatic heterocycles. The van der Waals surface area contributed by atoms with Crippen LogP contribution in [0.5, 0.6) is 0 Å². The molecule has 0 aliphatic carbocycles. The predicted molar refractivity (Wildman–Crippen MR) is 111 cm³/mol. The summed E-state index contributed by atoms with van der Waals surface area (Å²) in [5.41, 5.74) is 3.85. The van der Waals surface area contributed by atoms with Gasteiger partial charge in [-0.1, -0.05) is 6.07 Å². The molecular weight excluding hydrogens is 376 g/mol. The van der Waals surface area contributed by atoms with Crippen molar-refractivity contribution in [2.24, 2.45) is 0 Å². The van der Waals surface area contributed by atoms with Crippen molar-refractivity contribution in [3.05, 3.63) is 54.0 Å². The summed E-state index contributed by atoms with van der Waals surface area (Å²) in [6.07, 6.45) is 7.94. The molecule has 1 amide bonds. The van der Waals surface area contributed by atoms with Gasteiger partial charge in [0.15, 0.2) is 5.69 Å². The number of pyridine rings is 1. The van der Waals surface area contributed by atoms with Gasteiger partial charge in [-0.2, -0.15) is 5.10 Å². The number of carbonyl (C=O) groups is 1. The van der Waals surface area contributed by atoms with Crippen LogP contribution in [0.2, 0.25) is 0 Å². The monoisotopic (exact) mass is 400 g/mol. The zero-order valence-corrected chi connectivity index (χ0v) is 16.8. The van der Waals surface area contributed by atoms with E-state index in [9.17, 15) is 9.00 Å². The van der Waals surface area contributed by atoms with E-state index in [0.717, 1.165) is 22.8 Å². The van der Waals surface area contributed by atoms with E-state index in [4.69, 9.17) is 0 Å². The number of aromatic nitrogens is 3. The molecule has 1 atom stereocenters. The van der Waals surface area contributed by atoms with Crippen molar-refractivity contribution in [2.75, 3.05) is 25.9 Å². The Bertz CT molecular complexity index is 920. The largest absolute Gasteiger partial charge is 0.383 e. The van der Waals surface area contributed by atoms with E-state index in [1.807, 2.05) is 37.3 Å². The van der Waals surface area contributed by atoms with E-state index in [2.05, 4.69) is 25.4 Å². The predicted octanol–water partition coefficient (Wildman–Crippen LogP) is 1.30. The quantitative estimate of drug-likeness (QED) is 0.580. The average molecular weight is 401 g/mol. The Morgan fingerprint density at radius 2 is 2.18 bits per heavy atom. The first kappa shape index (κ1) is 20.0. The van der Waals surface area contributed by atoms with Gasteiger partial charge in [0.1, 0.15) is 0 Å². The van der Waals surface area contributed by atoms with Crippen LogP contribution >= 0.6 is 0 Å². The van der Waals surface area contributed by atoms with E-state index in [1.165, 1.54) is 0 Å². The molecule has 2 aromatic rings. The Morgan fingerprint density at radius 1 is 1.32 bits per heavy atom. The number of carbonyl (C=O) groups excluding carboxylic acids is 1. The lowest BCUT2D eigenvalue weighted by Crippen LogP contribution is -2.28. The molecular formula is C19H24N6O2S. The fraction of sp³-hybridized carbons (Fsp3) is 0.316. The molecule has 3 rings (SSSR count). The van der Waals surface area contributed by atoms with Gasteiger partial charge in [0.25, 0.3) is 5.91 Å². The number of amides is 1. The highest BCUT2D eigenvalue weighted by Crippen LogP contribution is 2.23. The van der Waals surface area contributed by atoms with Crippen LogP contribution in [0.25, 0.3) is 17.1 Å². The van der Waals surface area contributed by atoms with Crippen LogP contribution in [0.15, 0.2) is 48.3 Å². The molecule has 0 saturated carbocycles. The molecule has 0 aromatic carbocycles. The van der Waals surface area contributed by atoms with Crippen LogP contribution in [0.4, 0.5) is 0 Å². The molecule has 2 aromatic heterocycles. The number of nitrogens with zero attached hydrogens (tertiary/aromatic N) is 3. The SMILES string of the molecule is CC1=CC=C(n2nc(C(=O)NCCCNS(C)=O)cc2-c2ccccn2)CN1. The van der Waals surface area contributed by atoms with Gasteiger partial charge in [0.2, 0.25) is 0 Å². The van der Waals surface area contributed by atoms with Gasteiger partial charge in [-0.15, -0.1) is 0 Å². The molecule has 0 saturated heterocycles. The summed E-state index contributed by atoms with van der Waals surface area (Å²) in [5.74, 6) is -0.246. The third kappa shape index (κ3) is 5.14. The van der Waals surface area contributed by atoms with Gasteiger partial charge >= 0.3 is 0 Å². The smallest absolute Gasteiger partial charge is 0.271 e. The van der Waals surface area contributed by atoms with Gasteiger partial charge in [0.05, 0.1) is 34.6 Å². The molecule has 28 heavy (non-hydrogen) atoms. The third-order valence-corrected chi connectivity index (χ3v) is 4.77. The van der Waals surface area contributed by atoms with Crippen LogP contribution in [0.3, 0.4) is 0 Å². The first-order chi connectivity index (χ1) is 13.5. The Hall–Kier alpha value is -2.78. The van der Waals surface area contributed by atoms with Crippen LogP contribution in [0.1, 0.15) is 23.8 Å².